The molecule has 0 saturated heterocycles. The molecule has 0 radical (unpaired) electrons. The number of hydrogen-bond acceptors (Lipinski definition) is 6. The average molecular weight is 401 g/mol. The Morgan fingerprint density at radius 3 is 2.37 bits per heavy atom. The normalized spacial score (nSPS) is 13.0. The lowest BCUT2D eigenvalue weighted by molar-refractivity contribution is -0.361. The number of alkyl halides is 7. The molecule has 2 rings (SSSR count). The number of oxazole rings is 1. The minimum absolute atomic E-state index is 0.126. The standard InChI is InChI=1S/C14H10F7N3O3/c15-12(16,13(17,18)14(19,20)21)6-26-5-7-2-1-3-8(4-7)10-23-9(24-22)11(25)27-10/h1-4,22,25H,5-6H2. The number of nitrogens with zero attached hydrogens (tertiary/aromatic N) is 2. The summed E-state index contributed by atoms with van der Waals surface area (Å²) in [6.45, 7) is -2.87. The molecule has 0 saturated carbocycles. The molecule has 1 aromatic heterocycles. The second-order valence-electron chi connectivity index (χ2n) is 5.23. The Labute approximate surface area is 146 Å². The van der Waals surface area contributed by atoms with Gasteiger partial charge in [-0.1, -0.05) is 12.1 Å². The number of nitrogens with one attached hydrogen (secondary N) is 1. The van der Waals surface area contributed by atoms with Crippen LogP contribution in [0.3, 0.4) is 0 Å². The average Bonchev–Trinajstić information content (AvgIpc) is 2.95. The fourth-order valence-electron chi connectivity index (χ4n) is 1.89. The van der Waals surface area contributed by atoms with Crippen LogP contribution in [0.4, 0.5) is 36.6 Å². The minimum Gasteiger partial charge on any atom is -0.478 e. The molecule has 1 heterocycles. The third-order valence-electron chi connectivity index (χ3n) is 3.24. The lowest BCUT2D eigenvalue weighted by atomic mass is 10.1. The summed E-state index contributed by atoms with van der Waals surface area (Å²) in [5.74, 6) is -13.0. The topological polar surface area (TPSA) is 91.7 Å². The van der Waals surface area contributed by atoms with Gasteiger partial charge >= 0.3 is 24.0 Å². The van der Waals surface area contributed by atoms with Gasteiger partial charge in [-0.05, 0) is 17.7 Å². The molecule has 0 unspecified atom stereocenters. The Morgan fingerprint density at radius 1 is 1.15 bits per heavy atom. The molecule has 27 heavy (non-hydrogen) atoms. The second kappa shape index (κ2) is 7.13. The van der Waals surface area contributed by atoms with Gasteiger partial charge in [-0.3, -0.25) is 0 Å². The number of benzene rings is 1. The van der Waals surface area contributed by atoms with Crippen molar-refractivity contribution in [3.8, 4) is 17.4 Å². The molecule has 148 valence electrons. The molecule has 0 atom stereocenters. The summed E-state index contributed by atoms with van der Waals surface area (Å²) in [6.07, 6.45) is -6.42. The van der Waals surface area contributed by atoms with Crippen LogP contribution >= 0.6 is 0 Å². The van der Waals surface area contributed by atoms with Crippen molar-refractivity contribution in [3.63, 3.8) is 0 Å². The first-order chi connectivity index (χ1) is 12.4. The Balaban J connectivity index is 2.08. The largest absolute Gasteiger partial charge is 0.478 e. The summed E-state index contributed by atoms with van der Waals surface area (Å²) in [5.41, 5.74) is 7.07. The fraction of sp³-hybridized carbons (Fsp3) is 0.357. The predicted octanol–water partition coefficient (Wildman–Crippen LogP) is 5.06. The van der Waals surface area contributed by atoms with E-state index in [4.69, 9.17) is 9.95 Å². The van der Waals surface area contributed by atoms with E-state index >= 15 is 0 Å². The number of halogens is 7. The van der Waals surface area contributed by atoms with Crippen LogP contribution in [0.2, 0.25) is 0 Å². The summed E-state index contributed by atoms with van der Waals surface area (Å²) in [4.78, 5) is 3.66. The maximum Gasteiger partial charge on any atom is 0.459 e. The Bertz CT molecular complexity index is 821. The maximum atomic E-state index is 13.2. The molecule has 0 bridgehead atoms. The predicted molar refractivity (Wildman–Crippen MR) is 74.0 cm³/mol. The summed E-state index contributed by atoms with van der Waals surface area (Å²) in [7, 11) is 0. The number of aromatic hydroxyl groups is 1. The molecule has 2 aromatic rings. The minimum atomic E-state index is -6.42. The van der Waals surface area contributed by atoms with Crippen molar-refractivity contribution in [1.29, 1.82) is 5.53 Å². The Morgan fingerprint density at radius 2 is 1.81 bits per heavy atom. The van der Waals surface area contributed by atoms with Crippen molar-refractivity contribution in [1.82, 2.24) is 4.98 Å². The molecule has 1 aromatic carbocycles. The van der Waals surface area contributed by atoms with Crippen molar-refractivity contribution < 1.29 is 45.0 Å². The summed E-state index contributed by atoms with van der Waals surface area (Å²) in [5, 5.41) is 12.2. The van der Waals surface area contributed by atoms with Crippen molar-refractivity contribution in [2.24, 2.45) is 5.11 Å². The van der Waals surface area contributed by atoms with E-state index in [1.807, 2.05) is 0 Å². The Kier molecular flexibility index (Phi) is 5.45. The Hall–Kier alpha value is -2.70. The van der Waals surface area contributed by atoms with Crippen LogP contribution in [0.25, 0.3) is 11.5 Å². The highest BCUT2D eigenvalue weighted by molar-refractivity contribution is 5.58. The number of rotatable bonds is 7. The first-order valence-electron chi connectivity index (χ1n) is 6.95. The zero-order chi connectivity index (χ0) is 20.5. The van der Waals surface area contributed by atoms with E-state index in [0.717, 1.165) is 0 Å². The molecule has 0 aliphatic rings. The monoisotopic (exact) mass is 401 g/mol. The molecule has 0 spiro atoms. The van der Waals surface area contributed by atoms with Crippen LogP contribution in [0.1, 0.15) is 5.56 Å². The van der Waals surface area contributed by atoms with Crippen molar-refractivity contribution >= 4 is 5.82 Å². The van der Waals surface area contributed by atoms with Crippen molar-refractivity contribution in [3.05, 3.63) is 29.8 Å². The van der Waals surface area contributed by atoms with Gasteiger partial charge in [-0.2, -0.15) is 35.7 Å². The number of hydrogen-bond donors (Lipinski definition) is 2. The zero-order valence-electron chi connectivity index (χ0n) is 13.0. The second-order valence-corrected chi connectivity index (χ2v) is 5.23. The van der Waals surface area contributed by atoms with Crippen LogP contribution in [-0.4, -0.2) is 34.7 Å². The summed E-state index contributed by atoms with van der Waals surface area (Å²) < 4.78 is 97.1. The summed E-state index contributed by atoms with van der Waals surface area (Å²) in [6, 6.07) is 5.35. The van der Waals surface area contributed by atoms with Crippen molar-refractivity contribution in [2.75, 3.05) is 6.61 Å². The van der Waals surface area contributed by atoms with E-state index in [1.165, 1.54) is 24.3 Å². The van der Waals surface area contributed by atoms with Crippen LogP contribution in [-0.2, 0) is 11.3 Å². The van der Waals surface area contributed by atoms with E-state index < -0.39 is 43.0 Å². The summed E-state index contributed by atoms with van der Waals surface area (Å²) >= 11 is 0. The maximum absolute atomic E-state index is 13.2. The van der Waals surface area contributed by atoms with Crippen LogP contribution < -0.4 is 0 Å². The lowest BCUT2D eigenvalue weighted by Crippen LogP contribution is -2.54. The van der Waals surface area contributed by atoms with Gasteiger partial charge in [0, 0.05) is 5.56 Å². The van der Waals surface area contributed by atoms with Gasteiger partial charge in [-0.15, -0.1) is 5.11 Å². The molecule has 0 fully saturated rings. The van der Waals surface area contributed by atoms with Gasteiger partial charge in [0.25, 0.3) is 5.82 Å². The van der Waals surface area contributed by atoms with Gasteiger partial charge < -0.3 is 14.3 Å². The van der Waals surface area contributed by atoms with Gasteiger partial charge in [0.1, 0.15) is 6.61 Å². The third-order valence-corrected chi connectivity index (χ3v) is 3.24. The van der Waals surface area contributed by atoms with Crippen molar-refractivity contribution in [2.45, 2.75) is 24.6 Å². The highest BCUT2D eigenvalue weighted by atomic mass is 19.4. The molecular formula is C14H10F7N3O3. The van der Waals surface area contributed by atoms with Gasteiger partial charge in [0.05, 0.1) is 6.61 Å². The van der Waals surface area contributed by atoms with E-state index in [9.17, 15) is 35.8 Å². The molecule has 2 N–H and O–H groups in total. The number of ether oxygens (including phenoxy) is 1. The van der Waals surface area contributed by atoms with Gasteiger partial charge in [0.15, 0.2) is 0 Å². The molecule has 0 amide bonds. The van der Waals surface area contributed by atoms with Crippen LogP contribution in [0.15, 0.2) is 33.8 Å². The molecule has 6 nitrogen and oxygen atoms in total. The van der Waals surface area contributed by atoms with Gasteiger partial charge in [-0.25, -0.2) is 5.53 Å². The van der Waals surface area contributed by atoms with E-state index in [1.54, 1.807) is 0 Å². The smallest absolute Gasteiger partial charge is 0.459 e. The fourth-order valence-corrected chi connectivity index (χ4v) is 1.89. The van der Waals surface area contributed by atoms with E-state index in [0.29, 0.717) is 0 Å². The van der Waals surface area contributed by atoms with Gasteiger partial charge in [0.2, 0.25) is 5.89 Å². The molecule has 0 aliphatic carbocycles. The van der Waals surface area contributed by atoms with Crippen LogP contribution in [0.5, 0.6) is 5.95 Å². The highest BCUT2D eigenvalue weighted by Crippen LogP contribution is 2.46. The molecule has 13 heteroatoms. The molecule has 0 aliphatic heterocycles. The quantitative estimate of drug-likeness (QED) is 0.501. The first-order valence-corrected chi connectivity index (χ1v) is 6.95. The first kappa shape index (κ1) is 20.6. The van der Waals surface area contributed by atoms with E-state index in [2.05, 4.69) is 14.8 Å². The third kappa shape index (κ3) is 4.18. The van der Waals surface area contributed by atoms with Crippen LogP contribution in [0, 0.1) is 5.53 Å². The SMILES string of the molecule is N=Nc1nc(-c2cccc(COCC(F)(F)C(F)(F)C(F)(F)F)c2)oc1O. The molecular weight excluding hydrogens is 391 g/mol. The number of aromatic nitrogens is 1. The van der Waals surface area contributed by atoms with E-state index in [-0.39, 0.29) is 17.0 Å². The zero-order valence-corrected chi connectivity index (χ0v) is 13.0. The highest BCUT2D eigenvalue weighted by Gasteiger charge is 2.72. The lowest BCUT2D eigenvalue weighted by Gasteiger charge is -2.27.